The summed E-state index contributed by atoms with van der Waals surface area (Å²) < 4.78 is 1.76. The molecule has 0 fully saturated rings. The predicted molar refractivity (Wildman–Crippen MR) is 52.9 cm³/mol. The molecule has 0 spiro atoms. The van der Waals surface area contributed by atoms with Gasteiger partial charge in [-0.05, 0) is 19.9 Å². The van der Waals surface area contributed by atoms with E-state index in [0.717, 1.165) is 24.2 Å². The summed E-state index contributed by atoms with van der Waals surface area (Å²) in [4.78, 5) is 14.2. The van der Waals surface area contributed by atoms with Crippen LogP contribution in [-0.4, -0.2) is 16.1 Å². The molecule has 0 aliphatic carbocycles. The molecule has 0 unspecified atom stereocenters. The number of nitrogens with zero attached hydrogens (tertiary/aromatic N) is 1. The van der Waals surface area contributed by atoms with Gasteiger partial charge in [0.25, 0.3) is 0 Å². The van der Waals surface area contributed by atoms with Crippen molar-refractivity contribution in [2.24, 2.45) is 5.73 Å². The van der Waals surface area contributed by atoms with Gasteiger partial charge in [-0.2, -0.15) is 0 Å². The number of imidazole rings is 1. The monoisotopic (exact) mass is 183 g/mol. The average Bonchev–Trinajstić information content (AvgIpc) is 2.43. The lowest BCUT2D eigenvalue weighted by molar-refractivity contribution is 0.680. The van der Waals surface area contributed by atoms with Crippen LogP contribution in [0.15, 0.2) is 4.79 Å². The quantitative estimate of drug-likeness (QED) is 0.703. The fourth-order valence-corrected chi connectivity index (χ4v) is 1.60. The highest BCUT2D eigenvalue weighted by atomic mass is 16.1. The fourth-order valence-electron chi connectivity index (χ4n) is 1.60. The minimum Gasteiger partial charge on any atom is -0.330 e. The Kier molecular flexibility index (Phi) is 3.31. The molecule has 13 heavy (non-hydrogen) atoms. The van der Waals surface area contributed by atoms with E-state index in [1.54, 1.807) is 4.57 Å². The number of aromatic nitrogens is 2. The van der Waals surface area contributed by atoms with Crippen molar-refractivity contribution in [1.29, 1.82) is 0 Å². The van der Waals surface area contributed by atoms with Gasteiger partial charge in [0.2, 0.25) is 0 Å². The van der Waals surface area contributed by atoms with E-state index in [9.17, 15) is 4.79 Å². The number of H-pyrrole nitrogens is 1. The molecule has 74 valence electrons. The first-order valence-electron chi connectivity index (χ1n) is 4.75. The number of hydrogen-bond acceptors (Lipinski definition) is 2. The number of nitrogens with one attached hydrogen (secondary N) is 1. The molecule has 0 saturated carbocycles. The molecule has 1 heterocycles. The summed E-state index contributed by atoms with van der Waals surface area (Å²) >= 11 is 0. The van der Waals surface area contributed by atoms with Crippen molar-refractivity contribution in [3.05, 3.63) is 21.9 Å². The van der Waals surface area contributed by atoms with E-state index in [0.29, 0.717) is 13.1 Å². The SMILES string of the molecule is CCc1[nH]c(=O)n(CC)c1CCN. The second kappa shape index (κ2) is 4.28. The van der Waals surface area contributed by atoms with Gasteiger partial charge in [0.15, 0.2) is 0 Å². The minimum atomic E-state index is -0.0113. The van der Waals surface area contributed by atoms with Gasteiger partial charge in [-0.1, -0.05) is 6.92 Å². The highest BCUT2D eigenvalue weighted by molar-refractivity contribution is 5.13. The molecule has 0 bridgehead atoms. The van der Waals surface area contributed by atoms with Crippen molar-refractivity contribution >= 4 is 0 Å². The van der Waals surface area contributed by atoms with E-state index in [1.807, 2.05) is 13.8 Å². The zero-order chi connectivity index (χ0) is 9.84. The first-order chi connectivity index (χ1) is 6.24. The smallest absolute Gasteiger partial charge is 0.325 e. The molecule has 1 aromatic heterocycles. The van der Waals surface area contributed by atoms with Crippen LogP contribution in [0.5, 0.6) is 0 Å². The summed E-state index contributed by atoms with van der Waals surface area (Å²) in [5.41, 5.74) is 7.57. The zero-order valence-electron chi connectivity index (χ0n) is 8.26. The van der Waals surface area contributed by atoms with Crippen molar-refractivity contribution in [3.8, 4) is 0 Å². The Bertz CT molecular complexity index is 324. The van der Waals surface area contributed by atoms with Gasteiger partial charge < -0.3 is 10.7 Å². The molecule has 0 radical (unpaired) electrons. The molecule has 0 atom stereocenters. The van der Waals surface area contributed by atoms with Crippen LogP contribution < -0.4 is 11.4 Å². The molecule has 4 nitrogen and oxygen atoms in total. The molecule has 0 saturated heterocycles. The van der Waals surface area contributed by atoms with Gasteiger partial charge in [0, 0.05) is 24.4 Å². The maximum Gasteiger partial charge on any atom is 0.325 e. The Morgan fingerprint density at radius 1 is 1.46 bits per heavy atom. The highest BCUT2D eigenvalue weighted by Crippen LogP contribution is 2.05. The van der Waals surface area contributed by atoms with Gasteiger partial charge >= 0.3 is 5.69 Å². The van der Waals surface area contributed by atoms with Crippen LogP contribution in [0.4, 0.5) is 0 Å². The summed E-state index contributed by atoms with van der Waals surface area (Å²) in [5.74, 6) is 0. The van der Waals surface area contributed by atoms with Gasteiger partial charge in [-0.3, -0.25) is 4.57 Å². The summed E-state index contributed by atoms with van der Waals surface area (Å²) in [5, 5.41) is 0. The molecule has 1 rings (SSSR count). The average molecular weight is 183 g/mol. The summed E-state index contributed by atoms with van der Waals surface area (Å²) in [6.45, 7) is 5.30. The van der Waals surface area contributed by atoms with Crippen molar-refractivity contribution in [2.45, 2.75) is 33.2 Å². The van der Waals surface area contributed by atoms with Gasteiger partial charge in [0.1, 0.15) is 0 Å². The van der Waals surface area contributed by atoms with Crippen LogP contribution in [0.3, 0.4) is 0 Å². The second-order valence-electron chi connectivity index (χ2n) is 2.99. The Morgan fingerprint density at radius 2 is 2.15 bits per heavy atom. The lowest BCUT2D eigenvalue weighted by Gasteiger charge is -2.04. The lowest BCUT2D eigenvalue weighted by Crippen LogP contribution is -2.19. The van der Waals surface area contributed by atoms with Crippen LogP contribution >= 0.6 is 0 Å². The van der Waals surface area contributed by atoms with Crippen molar-refractivity contribution < 1.29 is 0 Å². The lowest BCUT2D eigenvalue weighted by atomic mass is 10.2. The minimum absolute atomic E-state index is 0.0113. The Morgan fingerprint density at radius 3 is 2.62 bits per heavy atom. The third-order valence-corrected chi connectivity index (χ3v) is 2.23. The molecule has 0 amide bonds. The largest absolute Gasteiger partial charge is 0.330 e. The van der Waals surface area contributed by atoms with Gasteiger partial charge in [0.05, 0.1) is 0 Å². The van der Waals surface area contributed by atoms with E-state index in [2.05, 4.69) is 4.98 Å². The van der Waals surface area contributed by atoms with E-state index >= 15 is 0 Å². The number of nitrogens with two attached hydrogens (primary N) is 1. The van der Waals surface area contributed by atoms with Crippen LogP contribution in [-0.2, 0) is 19.4 Å². The van der Waals surface area contributed by atoms with Crippen LogP contribution in [0.2, 0.25) is 0 Å². The summed E-state index contributed by atoms with van der Waals surface area (Å²) in [6, 6.07) is 0. The molecule has 3 N–H and O–H groups in total. The third kappa shape index (κ3) is 1.83. The predicted octanol–water partition coefficient (Wildman–Crippen LogP) is 0.260. The molecular formula is C9H17N3O. The van der Waals surface area contributed by atoms with E-state index in [4.69, 9.17) is 5.73 Å². The molecular weight excluding hydrogens is 166 g/mol. The Hall–Kier alpha value is -1.03. The molecule has 0 aliphatic rings. The van der Waals surface area contributed by atoms with E-state index < -0.39 is 0 Å². The molecule has 0 aromatic carbocycles. The van der Waals surface area contributed by atoms with Crippen LogP contribution in [0.1, 0.15) is 25.2 Å². The molecule has 1 aromatic rings. The second-order valence-corrected chi connectivity index (χ2v) is 2.99. The number of rotatable bonds is 4. The van der Waals surface area contributed by atoms with Crippen LogP contribution in [0.25, 0.3) is 0 Å². The number of aryl methyl sites for hydroxylation is 1. The summed E-state index contributed by atoms with van der Waals surface area (Å²) in [6.07, 6.45) is 1.63. The van der Waals surface area contributed by atoms with Crippen molar-refractivity contribution in [1.82, 2.24) is 9.55 Å². The van der Waals surface area contributed by atoms with Crippen molar-refractivity contribution in [2.75, 3.05) is 6.54 Å². The first kappa shape index (κ1) is 10.1. The Labute approximate surface area is 77.8 Å². The van der Waals surface area contributed by atoms with E-state index in [1.165, 1.54) is 0 Å². The standard InChI is InChI=1S/C9H17N3O/c1-3-7-8(5-6-10)12(4-2)9(13)11-7/h3-6,10H2,1-2H3,(H,11,13). The summed E-state index contributed by atoms with van der Waals surface area (Å²) in [7, 11) is 0. The van der Waals surface area contributed by atoms with Gasteiger partial charge in [-0.15, -0.1) is 0 Å². The normalized spacial score (nSPS) is 10.7. The maximum absolute atomic E-state index is 11.4. The topological polar surface area (TPSA) is 63.8 Å². The zero-order valence-corrected chi connectivity index (χ0v) is 8.26. The van der Waals surface area contributed by atoms with E-state index in [-0.39, 0.29) is 5.69 Å². The van der Waals surface area contributed by atoms with Crippen molar-refractivity contribution in [3.63, 3.8) is 0 Å². The number of hydrogen-bond donors (Lipinski definition) is 2. The highest BCUT2D eigenvalue weighted by Gasteiger charge is 2.09. The molecule has 0 aliphatic heterocycles. The third-order valence-electron chi connectivity index (χ3n) is 2.23. The fraction of sp³-hybridized carbons (Fsp3) is 0.667. The van der Waals surface area contributed by atoms with Crippen LogP contribution in [0, 0.1) is 0 Å². The maximum atomic E-state index is 11.4. The Balaban J connectivity index is 3.15. The number of aromatic amines is 1. The molecule has 4 heteroatoms. The van der Waals surface area contributed by atoms with Gasteiger partial charge in [-0.25, -0.2) is 4.79 Å². The first-order valence-corrected chi connectivity index (χ1v) is 4.75.